The van der Waals surface area contributed by atoms with Crippen LogP contribution < -0.4 is 14.8 Å². The molecule has 3 aliphatic heterocycles. The summed E-state index contributed by atoms with van der Waals surface area (Å²) < 4.78 is 41.8. The maximum atomic E-state index is 14.5. The van der Waals surface area contributed by atoms with Gasteiger partial charge in [-0.25, -0.2) is 9.71 Å². The molecule has 4 heterocycles. The van der Waals surface area contributed by atoms with Crippen molar-refractivity contribution in [3.63, 3.8) is 0 Å². The molecular formula is C38H49N5O8S. The summed E-state index contributed by atoms with van der Waals surface area (Å²) in [5, 5.41) is 4.52. The lowest BCUT2D eigenvalue weighted by atomic mass is 9.77. The van der Waals surface area contributed by atoms with Gasteiger partial charge in [-0.05, 0) is 60.6 Å². The van der Waals surface area contributed by atoms with Crippen molar-refractivity contribution in [2.24, 2.45) is 17.3 Å². The zero-order valence-electron chi connectivity index (χ0n) is 30.1. The van der Waals surface area contributed by atoms with Crippen molar-refractivity contribution in [3.05, 3.63) is 54.8 Å². The highest BCUT2D eigenvalue weighted by Crippen LogP contribution is 2.45. The number of amides is 3. The SMILES string of the molecule is C=C[C@H]1C[C@]1(NC(=O)[C@@H]1C[C@@H]2CN1C(=O)[C@H](C(C)(C)C)CC(=O)OCCC/C=C/c1ccc3ccnc(c3c1)O2)C(=O)NS(=O)(=O)N1CCCCC1. The van der Waals surface area contributed by atoms with Crippen molar-refractivity contribution in [2.45, 2.75) is 89.8 Å². The normalized spacial score (nSPS) is 28.2. The molecule has 280 valence electrons. The summed E-state index contributed by atoms with van der Waals surface area (Å²) in [7, 11) is -4.14. The van der Waals surface area contributed by atoms with Crippen LogP contribution in [0.1, 0.15) is 77.7 Å². The molecule has 2 aromatic rings. The number of nitrogens with one attached hydrogen (secondary N) is 2. The Morgan fingerprint density at radius 2 is 1.87 bits per heavy atom. The Labute approximate surface area is 305 Å². The number of fused-ring (bicyclic) bond motifs is 3. The van der Waals surface area contributed by atoms with Crippen LogP contribution in [0.4, 0.5) is 0 Å². The number of pyridine rings is 1. The van der Waals surface area contributed by atoms with Crippen LogP contribution in [0.2, 0.25) is 0 Å². The van der Waals surface area contributed by atoms with Gasteiger partial charge in [0.2, 0.25) is 17.7 Å². The van der Waals surface area contributed by atoms with E-state index in [9.17, 15) is 27.6 Å². The number of piperidine rings is 1. The Bertz CT molecular complexity index is 1870. The van der Waals surface area contributed by atoms with E-state index in [1.54, 1.807) is 6.20 Å². The van der Waals surface area contributed by atoms with Gasteiger partial charge in [-0.2, -0.15) is 12.7 Å². The Kier molecular flexibility index (Phi) is 10.8. The number of carbonyl (C=O) groups is 4. The zero-order chi connectivity index (χ0) is 37.3. The molecule has 14 heteroatoms. The summed E-state index contributed by atoms with van der Waals surface area (Å²) in [6.07, 6.45) is 10.1. The van der Waals surface area contributed by atoms with Crippen LogP contribution in [0.25, 0.3) is 16.8 Å². The van der Waals surface area contributed by atoms with Gasteiger partial charge in [0.1, 0.15) is 17.7 Å². The summed E-state index contributed by atoms with van der Waals surface area (Å²) >= 11 is 0. The van der Waals surface area contributed by atoms with Crippen molar-refractivity contribution in [1.29, 1.82) is 0 Å². The second kappa shape index (κ2) is 15.0. The van der Waals surface area contributed by atoms with E-state index in [0.717, 1.165) is 22.8 Å². The predicted molar refractivity (Wildman–Crippen MR) is 195 cm³/mol. The third-order valence-corrected chi connectivity index (χ3v) is 12.1. The summed E-state index contributed by atoms with van der Waals surface area (Å²) in [4.78, 5) is 61.6. The van der Waals surface area contributed by atoms with Gasteiger partial charge in [0.05, 0.1) is 25.5 Å². The van der Waals surface area contributed by atoms with Gasteiger partial charge in [0, 0.05) is 37.0 Å². The predicted octanol–water partition coefficient (Wildman–Crippen LogP) is 3.89. The lowest BCUT2D eigenvalue weighted by Crippen LogP contribution is -2.58. The molecule has 3 fully saturated rings. The number of carbonyl (C=O) groups excluding carboxylic acids is 4. The van der Waals surface area contributed by atoms with Crippen molar-refractivity contribution >= 4 is 50.7 Å². The molecule has 13 nitrogen and oxygen atoms in total. The number of aromatic nitrogens is 1. The smallest absolute Gasteiger partial charge is 0.306 e. The zero-order valence-corrected chi connectivity index (χ0v) is 31.0. The van der Waals surface area contributed by atoms with E-state index in [1.807, 2.05) is 57.2 Å². The minimum absolute atomic E-state index is 0.0175. The molecular weight excluding hydrogens is 687 g/mol. The van der Waals surface area contributed by atoms with Crippen LogP contribution in [0, 0.1) is 17.3 Å². The summed E-state index contributed by atoms with van der Waals surface area (Å²) in [5.74, 6) is -3.40. The molecule has 2 N–H and O–H groups in total. The van der Waals surface area contributed by atoms with E-state index in [-0.39, 0.29) is 32.4 Å². The molecule has 6 rings (SSSR count). The number of hydrogen-bond donors (Lipinski definition) is 2. The van der Waals surface area contributed by atoms with Crippen molar-refractivity contribution in [2.75, 3.05) is 26.2 Å². The van der Waals surface area contributed by atoms with E-state index in [2.05, 4.69) is 21.6 Å². The van der Waals surface area contributed by atoms with Crippen LogP contribution in [0.3, 0.4) is 0 Å². The molecule has 0 spiro atoms. The first kappa shape index (κ1) is 37.5. The molecule has 3 amide bonds. The first-order chi connectivity index (χ1) is 24.7. The largest absolute Gasteiger partial charge is 0.472 e. The quantitative estimate of drug-likeness (QED) is 0.331. The summed E-state index contributed by atoms with van der Waals surface area (Å²) in [6.45, 7) is 10.2. The Morgan fingerprint density at radius 1 is 1.10 bits per heavy atom. The second-order valence-electron chi connectivity index (χ2n) is 15.4. The lowest BCUT2D eigenvalue weighted by Gasteiger charge is -2.35. The molecule has 52 heavy (non-hydrogen) atoms. The first-order valence-electron chi connectivity index (χ1n) is 18.2. The Balaban J connectivity index is 1.31. The third-order valence-electron chi connectivity index (χ3n) is 10.6. The topological polar surface area (TPSA) is 164 Å². The molecule has 2 saturated heterocycles. The molecule has 5 atom stereocenters. The molecule has 4 bridgehead atoms. The maximum Gasteiger partial charge on any atom is 0.306 e. The third kappa shape index (κ3) is 8.02. The van der Waals surface area contributed by atoms with Gasteiger partial charge >= 0.3 is 16.2 Å². The fraction of sp³-hybridized carbons (Fsp3) is 0.553. The Morgan fingerprint density at radius 3 is 2.58 bits per heavy atom. The second-order valence-corrected chi connectivity index (χ2v) is 17.0. The number of allylic oxidation sites excluding steroid dienone is 1. The first-order valence-corrected chi connectivity index (χ1v) is 19.6. The highest BCUT2D eigenvalue weighted by Gasteiger charge is 2.62. The van der Waals surface area contributed by atoms with Crippen LogP contribution >= 0.6 is 0 Å². The van der Waals surface area contributed by atoms with E-state index in [4.69, 9.17) is 9.47 Å². The summed E-state index contributed by atoms with van der Waals surface area (Å²) in [5.41, 5.74) is -1.30. The molecule has 0 unspecified atom stereocenters. The number of benzene rings is 1. The van der Waals surface area contributed by atoms with Gasteiger partial charge in [-0.3, -0.25) is 19.2 Å². The van der Waals surface area contributed by atoms with Crippen LogP contribution in [-0.2, 0) is 34.1 Å². The van der Waals surface area contributed by atoms with Gasteiger partial charge in [0.25, 0.3) is 5.91 Å². The van der Waals surface area contributed by atoms with E-state index in [0.29, 0.717) is 44.7 Å². The average molecular weight is 736 g/mol. The van der Waals surface area contributed by atoms with Crippen LogP contribution in [0.5, 0.6) is 5.88 Å². The highest BCUT2D eigenvalue weighted by molar-refractivity contribution is 7.87. The van der Waals surface area contributed by atoms with Crippen LogP contribution in [0.15, 0.2) is 49.2 Å². The average Bonchev–Trinajstić information content (AvgIpc) is 3.67. The molecule has 1 aromatic heterocycles. The number of hydrogen-bond acceptors (Lipinski definition) is 9. The van der Waals surface area contributed by atoms with Crippen molar-refractivity contribution in [3.8, 4) is 5.88 Å². The molecule has 0 radical (unpaired) electrons. The number of rotatable bonds is 6. The minimum Gasteiger partial charge on any atom is -0.472 e. The number of esters is 1. The molecule has 1 aromatic carbocycles. The van der Waals surface area contributed by atoms with E-state index >= 15 is 0 Å². The Hall–Kier alpha value is -4.30. The molecule has 4 aliphatic rings. The monoisotopic (exact) mass is 735 g/mol. The van der Waals surface area contributed by atoms with Gasteiger partial charge < -0.3 is 19.7 Å². The number of nitrogens with zero attached hydrogens (tertiary/aromatic N) is 3. The van der Waals surface area contributed by atoms with E-state index < -0.39 is 68.8 Å². The molecule has 1 aliphatic carbocycles. The standard InChI is InChI=1S/C38H49N5O8S/c1-5-27-23-38(27,36(47)41-52(48,49)42-17-9-7-10-18-42)40-33(45)31-21-28-24-43(31)35(46)30(37(2,3)4)22-32(44)50-19-11-6-8-12-25-13-14-26-15-16-39-34(51-28)29(26)20-25/h5,8,12-16,20,27-28,30-31H,1,6-7,9-11,17-19,21-24H2,2-4H3,(H,40,45)(H,41,47)/b12-8+/t27-,28+,30+,31-,38+/m0/s1. The van der Waals surface area contributed by atoms with E-state index in [1.165, 1.54) is 15.3 Å². The van der Waals surface area contributed by atoms with Crippen molar-refractivity contribution < 1.29 is 37.1 Å². The highest BCUT2D eigenvalue weighted by atomic mass is 32.2. The van der Waals surface area contributed by atoms with Gasteiger partial charge in [0.15, 0.2) is 0 Å². The number of cyclic esters (lactones) is 1. The molecule has 1 saturated carbocycles. The van der Waals surface area contributed by atoms with Crippen molar-refractivity contribution in [1.82, 2.24) is 24.2 Å². The summed E-state index contributed by atoms with van der Waals surface area (Å²) in [6, 6.07) is 6.72. The lowest BCUT2D eigenvalue weighted by molar-refractivity contribution is -0.153. The van der Waals surface area contributed by atoms with Crippen LogP contribution in [-0.4, -0.2) is 90.2 Å². The van der Waals surface area contributed by atoms with Gasteiger partial charge in [-0.15, -0.1) is 6.58 Å². The maximum absolute atomic E-state index is 14.5. The fourth-order valence-electron chi connectivity index (χ4n) is 7.40. The minimum atomic E-state index is -4.14. The van der Waals surface area contributed by atoms with Gasteiger partial charge in [-0.1, -0.05) is 57.6 Å². The number of ether oxygens (including phenoxy) is 2. The fourth-order valence-corrected chi connectivity index (χ4v) is 8.69.